The van der Waals surface area contributed by atoms with Crippen LogP contribution in [0, 0.1) is 0 Å². The fraction of sp³-hybridized carbons (Fsp3) is 1.00. The van der Waals surface area contributed by atoms with Crippen LogP contribution in [0.4, 0.5) is 0 Å². The zero-order chi connectivity index (χ0) is 41.6. The topological polar surface area (TPSA) is 427 Å². The van der Waals surface area contributed by atoms with Crippen LogP contribution in [0.3, 0.4) is 0 Å². The van der Waals surface area contributed by atoms with Crippen molar-refractivity contribution in [3.05, 3.63) is 0 Å². The zero-order valence-electron chi connectivity index (χ0n) is 29.5. The van der Waals surface area contributed by atoms with E-state index in [0.717, 1.165) is 0 Å². The largest absolute Gasteiger partial charge is 0.394 e. The molecule has 17 N–H and O–H groups in total. The van der Waals surface area contributed by atoms with Gasteiger partial charge in [0.05, 0.1) is 39.6 Å². The lowest BCUT2D eigenvalue weighted by Crippen LogP contribution is -2.56. The van der Waals surface area contributed by atoms with E-state index < -0.39 is 187 Å². The highest BCUT2D eigenvalue weighted by Crippen LogP contribution is 2.41. The fourth-order valence-electron chi connectivity index (χ4n) is 7.19. The molecule has 0 amide bonds. The Morgan fingerprint density at radius 1 is 0.357 bits per heavy atom. The summed E-state index contributed by atoms with van der Waals surface area (Å²) in [5.74, 6) is -12.5. The molecule has 5 fully saturated rings. The molecule has 0 bridgehead atoms. The molecule has 0 radical (unpaired) electrons. The molecule has 328 valence electrons. The van der Waals surface area contributed by atoms with Gasteiger partial charge in [-0.05, 0) is 0 Å². The number of rotatable bonds is 18. The SMILES string of the molecule is OC[C@H]1O[C@@](CO)(OC[C@@]2(OC[C@H]3O[C@@](CO)(OC[C@H]4O[C@@](CO)(OC[C@H]5O[C@](O)(CO)[C@@H](O)[C@@H]5O)[C@@H](O)[C@@H]4O)[C@@H](O)[C@@H]3O)O[C@H](CO)[C@@H](O)[C@@H]2O)[C@@H](O)[C@@H]1O. The lowest BCUT2D eigenvalue weighted by atomic mass is 10.0. The molecule has 26 heteroatoms. The second-order valence-electron chi connectivity index (χ2n) is 14.3. The van der Waals surface area contributed by atoms with Crippen molar-refractivity contribution in [1.29, 1.82) is 0 Å². The molecule has 20 atom stereocenters. The number of aliphatic hydroxyl groups excluding tert-OH is 16. The van der Waals surface area contributed by atoms with Crippen molar-refractivity contribution in [2.24, 2.45) is 0 Å². The third kappa shape index (κ3) is 7.85. The van der Waals surface area contributed by atoms with E-state index in [1.54, 1.807) is 0 Å². The summed E-state index contributed by atoms with van der Waals surface area (Å²) < 4.78 is 49.4. The summed E-state index contributed by atoms with van der Waals surface area (Å²) in [5.41, 5.74) is 0. The second kappa shape index (κ2) is 17.5. The van der Waals surface area contributed by atoms with Crippen molar-refractivity contribution >= 4 is 0 Å². The van der Waals surface area contributed by atoms with Gasteiger partial charge in [-0.3, -0.25) is 0 Å². The number of ether oxygens (including phenoxy) is 9. The Morgan fingerprint density at radius 3 is 1.02 bits per heavy atom. The quantitative estimate of drug-likeness (QED) is 0.0610. The highest BCUT2D eigenvalue weighted by Gasteiger charge is 2.63. The molecular formula is C30H52O26. The van der Waals surface area contributed by atoms with Gasteiger partial charge in [-0.15, -0.1) is 0 Å². The van der Waals surface area contributed by atoms with E-state index in [1.807, 2.05) is 0 Å². The number of hydrogen-bond acceptors (Lipinski definition) is 26. The van der Waals surface area contributed by atoms with E-state index in [-0.39, 0.29) is 0 Å². The van der Waals surface area contributed by atoms with Gasteiger partial charge in [-0.2, -0.15) is 0 Å². The first-order valence-corrected chi connectivity index (χ1v) is 17.5. The van der Waals surface area contributed by atoms with E-state index >= 15 is 0 Å². The van der Waals surface area contributed by atoms with Gasteiger partial charge in [0.15, 0.2) is 0 Å². The van der Waals surface area contributed by atoms with E-state index in [0.29, 0.717) is 0 Å². The van der Waals surface area contributed by atoms with Gasteiger partial charge in [-0.1, -0.05) is 0 Å². The first-order chi connectivity index (χ1) is 26.3. The molecule has 5 aliphatic heterocycles. The fourth-order valence-corrected chi connectivity index (χ4v) is 7.19. The monoisotopic (exact) mass is 828 g/mol. The molecule has 0 saturated carbocycles. The molecule has 0 aromatic carbocycles. The second-order valence-corrected chi connectivity index (χ2v) is 14.3. The van der Waals surface area contributed by atoms with Crippen molar-refractivity contribution in [3.8, 4) is 0 Å². The molecule has 5 rings (SSSR count). The van der Waals surface area contributed by atoms with Crippen LogP contribution < -0.4 is 0 Å². The maximum atomic E-state index is 11.0. The van der Waals surface area contributed by atoms with Crippen LogP contribution in [-0.2, 0) is 42.6 Å². The van der Waals surface area contributed by atoms with Crippen LogP contribution in [-0.4, -0.2) is 273 Å². The van der Waals surface area contributed by atoms with Gasteiger partial charge in [0, 0.05) is 0 Å². The summed E-state index contributed by atoms with van der Waals surface area (Å²) in [6.45, 7) is -9.80. The van der Waals surface area contributed by atoms with Gasteiger partial charge in [0.2, 0.25) is 28.9 Å². The Balaban J connectivity index is 1.25. The van der Waals surface area contributed by atoms with Crippen molar-refractivity contribution in [1.82, 2.24) is 0 Å². The molecule has 0 spiro atoms. The highest BCUT2D eigenvalue weighted by molar-refractivity contribution is 5.03. The molecule has 0 unspecified atom stereocenters. The summed E-state index contributed by atoms with van der Waals surface area (Å²) in [6, 6.07) is 0. The molecule has 5 aliphatic rings. The molecule has 0 aromatic rings. The van der Waals surface area contributed by atoms with Crippen molar-refractivity contribution < 1.29 is 129 Å². The van der Waals surface area contributed by atoms with E-state index in [1.165, 1.54) is 0 Å². The van der Waals surface area contributed by atoms with Gasteiger partial charge in [0.1, 0.15) is 118 Å². The maximum absolute atomic E-state index is 11.0. The molecule has 5 saturated heterocycles. The average Bonchev–Trinajstić information content (AvgIpc) is 3.86. The molecular weight excluding hydrogens is 776 g/mol. The Bertz CT molecular complexity index is 1290. The third-order valence-corrected chi connectivity index (χ3v) is 10.8. The number of aliphatic hydroxyl groups is 17. The van der Waals surface area contributed by atoms with E-state index in [4.69, 9.17) is 42.6 Å². The first kappa shape index (κ1) is 46.0. The van der Waals surface area contributed by atoms with E-state index in [2.05, 4.69) is 0 Å². The van der Waals surface area contributed by atoms with Crippen molar-refractivity contribution in [3.63, 3.8) is 0 Å². The van der Waals surface area contributed by atoms with Crippen molar-refractivity contribution in [2.45, 2.75) is 120 Å². The van der Waals surface area contributed by atoms with Crippen LogP contribution in [0.15, 0.2) is 0 Å². The van der Waals surface area contributed by atoms with Crippen molar-refractivity contribution in [2.75, 3.05) is 66.1 Å². The minimum Gasteiger partial charge on any atom is -0.394 e. The minimum atomic E-state index is -2.56. The standard InChI is InChI=1S/C30H52O26/c31-1-11-16(37)22(43)29(9-36,53-11)51-10-30(25(46)17(38)12(2-32)54-30)50-5-15-20(41)24(45)28(8-35,56-15)49-4-14-19(40)23(44)27(7-34,55-14)48-3-13-18(39)21(42)26(47,6-33)52-13/h11-25,31-47H,1-10H2/t11-,12-,13-,14-,15-,16-,17-,18-,19-,20-,21+,22+,23+,24+,25+,26-,27-,28-,29-,30-/m1/s1. The van der Waals surface area contributed by atoms with Gasteiger partial charge < -0.3 is 129 Å². The van der Waals surface area contributed by atoms with E-state index in [9.17, 15) is 86.8 Å². The molecule has 0 aliphatic carbocycles. The number of hydrogen-bond donors (Lipinski definition) is 17. The van der Waals surface area contributed by atoms with Gasteiger partial charge in [0.25, 0.3) is 0 Å². The maximum Gasteiger partial charge on any atom is 0.222 e. The lowest BCUT2D eigenvalue weighted by molar-refractivity contribution is -0.346. The van der Waals surface area contributed by atoms with Crippen LogP contribution in [0.25, 0.3) is 0 Å². The summed E-state index contributed by atoms with van der Waals surface area (Å²) in [5, 5.41) is 175. The predicted molar refractivity (Wildman–Crippen MR) is 167 cm³/mol. The summed E-state index contributed by atoms with van der Waals surface area (Å²) in [6.07, 6.45) is -27.2. The Labute approximate surface area is 316 Å². The zero-order valence-corrected chi connectivity index (χ0v) is 29.5. The normalized spacial score (nSPS) is 52.1. The average molecular weight is 829 g/mol. The van der Waals surface area contributed by atoms with Crippen LogP contribution in [0.5, 0.6) is 0 Å². The molecule has 0 aromatic heterocycles. The lowest BCUT2D eigenvalue weighted by Gasteiger charge is -2.37. The molecule has 56 heavy (non-hydrogen) atoms. The van der Waals surface area contributed by atoms with Crippen LogP contribution in [0.1, 0.15) is 0 Å². The Morgan fingerprint density at radius 2 is 0.661 bits per heavy atom. The molecule has 26 nitrogen and oxygen atoms in total. The smallest absolute Gasteiger partial charge is 0.222 e. The van der Waals surface area contributed by atoms with Gasteiger partial charge >= 0.3 is 0 Å². The van der Waals surface area contributed by atoms with Crippen LogP contribution >= 0.6 is 0 Å². The Kier molecular flexibility index (Phi) is 14.4. The minimum absolute atomic E-state index is 0.782. The highest BCUT2D eigenvalue weighted by atomic mass is 16.8. The first-order valence-electron chi connectivity index (χ1n) is 17.5. The Hall–Kier alpha value is -1.04. The summed E-state index contributed by atoms with van der Waals surface area (Å²) in [4.78, 5) is 0. The predicted octanol–water partition coefficient (Wildman–Crippen LogP) is -11.9. The summed E-state index contributed by atoms with van der Waals surface area (Å²) >= 11 is 0. The van der Waals surface area contributed by atoms with Crippen LogP contribution in [0.2, 0.25) is 0 Å². The third-order valence-electron chi connectivity index (χ3n) is 10.8. The van der Waals surface area contributed by atoms with Gasteiger partial charge in [-0.25, -0.2) is 0 Å². The summed E-state index contributed by atoms with van der Waals surface area (Å²) in [7, 11) is 0. The molecule has 5 heterocycles.